The number of hydrogen-bond donors (Lipinski definition) is 1. The molecule has 0 spiro atoms. The highest BCUT2D eigenvalue weighted by Crippen LogP contribution is 2.24. The summed E-state index contributed by atoms with van der Waals surface area (Å²) in [5.41, 5.74) is 6.66. The molecule has 1 fully saturated rings. The number of likely N-dealkylation sites (tertiary alicyclic amines) is 1. The lowest BCUT2D eigenvalue weighted by Gasteiger charge is -2.21. The molecule has 3 heteroatoms. The first kappa shape index (κ1) is 11.1. The molecule has 0 aromatic heterocycles. The van der Waals surface area contributed by atoms with E-state index in [4.69, 9.17) is 5.73 Å². The molecule has 1 aromatic carbocycles. The first-order valence-corrected chi connectivity index (χ1v) is 5.74. The van der Waals surface area contributed by atoms with Crippen molar-refractivity contribution in [2.45, 2.75) is 25.9 Å². The van der Waals surface area contributed by atoms with E-state index in [2.05, 4.69) is 24.0 Å². The predicted molar refractivity (Wildman–Crippen MR) is 63.6 cm³/mol. The maximum absolute atomic E-state index is 11.3. The van der Waals surface area contributed by atoms with Gasteiger partial charge in [-0.3, -0.25) is 9.69 Å². The summed E-state index contributed by atoms with van der Waals surface area (Å²) in [5, 5.41) is 0. The Labute approximate surface area is 96.2 Å². The first-order valence-electron chi connectivity index (χ1n) is 5.74. The fraction of sp³-hybridized carbons (Fsp3) is 0.462. The highest BCUT2D eigenvalue weighted by molar-refractivity contribution is 5.80. The van der Waals surface area contributed by atoms with Gasteiger partial charge in [-0.25, -0.2) is 0 Å². The van der Waals surface area contributed by atoms with Crippen molar-refractivity contribution in [2.75, 3.05) is 6.54 Å². The molecule has 2 N–H and O–H groups in total. The van der Waals surface area contributed by atoms with Crippen molar-refractivity contribution in [2.24, 2.45) is 11.7 Å². The fourth-order valence-electron chi connectivity index (χ4n) is 2.42. The second-order valence-corrected chi connectivity index (χ2v) is 4.67. The summed E-state index contributed by atoms with van der Waals surface area (Å²) < 4.78 is 0. The van der Waals surface area contributed by atoms with Crippen molar-refractivity contribution in [1.82, 2.24) is 4.90 Å². The zero-order valence-electron chi connectivity index (χ0n) is 9.60. The Kier molecular flexibility index (Phi) is 3.25. The molecule has 1 aliphatic heterocycles. The van der Waals surface area contributed by atoms with Crippen molar-refractivity contribution >= 4 is 5.91 Å². The van der Waals surface area contributed by atoms with Crippen LogP contribution in [0.5, 0.6) is 0 Å². The van der Waals surface area contributed by atoms with E-state index in [-0.39, 0.29) is 11.9 Å². The van der Waals surface area contributed by atoms with E-state index in [0.29, 0.717) is 5.92 Å². The zero-order valence-corrected chi connectivity index (χ0v) is 9.60. The summed E-state index contributed by atoms with van der Waals surface area (Å²) in [4.78, 5) is 13.5. The average Bonchev–Trinajstić information content (AvgIpc) is 2.61. The molecule has 16 heavy (non-hydrogen) atoms. The van der Waals surface area contributed by atoms with Crippen LogP contribution in [0.1, 0.15) is 18.9 Å². The molecule has 1 amide bonds. The van der Waals surface area contributed by atoms with Crippen LogP contribution < -0.4 is 5.73 Å². The molecule has 0 aliphatic carbocycles. The van der Waals surface area contributed by atoms with Crippen LogP contribution in [0.15, 0.2) is 30.3 Å². The van der Waals surface area contributed by atoms with Gasteiger partial charge in [-0.1, -0.05) is 37.3 Å². The number of rotatable bonds is 3. The molecule has 0 unspecified atom stereocenters. The molecule has 2 rings (SSSR count). The van der Waals surface area contributed by atoms with E-state index in [1.807, 2.05) is 18.2 Å². The van der Waals surface area contributed by atoms with Gasteiger partial charge >= 0.3 is 0 Å². The second kappa shape index (κ2) is 4.66. The molecular formula is C13H18N2O. The average molecular weight is 218 g/mol. The van der Waals surface area contributed by atoms with Gasteiger partial charge in [0, 0.05) is 13.1 Å². The number of nitrogens with zero attached hydrogens (tertiary/aromatic N) is 1. The molecule has 1 aliphatic rings. The van der Waals surface area contributed by atoms with Crippen LogP contribution in [-0.4, -0.2) is 23.4 Å². The number of carbonyl (C=O) groups is 1. The van der Waals surface area contributed by atoms with Crippen LogP contribution in [0.4, 0.5) is 0 Å². The zero-order chi connectivity index (χ0) is 11.5. The van der Waals surface area contributed by atoms with Gasteiger partial charge in [0.1, 0.15) is 0 Å². The van der Waals surface area contributed by atoms with Crippen molar-refractivity contribution in [3.8, 4) is 0 Å². The molecule has 2 atom stereocenters. The Morgan fingerprint density at radius 3 is 2.75 bits per heavy atom. The van der Waals surface area contributed by atoms with Crippen molar-refractivity contribution in [3.63, 3.8) is 0 Å². The lowest BCUT2D eigenvalue weighted by atomic mass is 10.1. The van der Waals surface area contributed by atoms with Crippen molar-refractivity contribution in [3.05, 3.63) is 35.9 Å². The third-order valence-corrected chi connectivity index (χ3v) is 3.17. The third kappa shape index (κ3) is 2.42. The first-order chi connectivity index (χ1) is 7.66. The molecule has 0 bridgehead atoms. The highest BCUT2D eigenvalue weighted by atomic mass is 16.1. The van der Waals surface area contributed by atoms with E-state index >= 15 is 0 Å². The summed E-state index contributed by atoms with van der Waals surface area (Å²) >= 11 is 0. The lowest BCUT2D eigenvalue weighted by Crippen LogP contribution is -2.39. The molecule has 3 nitrogen and oxygen atoms in total. The Hall–Kier alpha value is -1.35. The quantitative estimate of drug-likeness (QED) is 0.833. The largest absolute Gasteiger partial charge is 0.368 e. The van der Waals surface area contributed by atoms with Crippen LogP contribution >= 0.6 is 0 Å². The predicted octanol–water partition coefficient (Wildman–Crippen LogP) is 1.38. The SMILES string of the molecule is C[C@@H]1C[C@@H](C(N)=O)N(Cc2ccccc2)C1. The molecule has 1 heterocycles. The minimum Gasteiger partial charge on any atom is -0.368 e. The number of nitrogens with two attached hydrogens (primary N) is 1. The smallest absolute Gasteiger partial charge is 0.234 e. The van der Waals surface area contributed by atoms with Gasteiger partial charge in [-0.05, 0) is 17.9 Å². The molecule has 0 radical (unpaired) electrons. The number of benzene rings is 1. The summed E-state index contributed by atoms with van der Waals surface area (Å²) in [7, 11) is 0. The molecule has 1 saturated heterocycles. The van der Waals surface area contributed by atoms with E-state index in [1.54, 1.807) is 0 Å². The molecular weight excluding hydrogens is 200 g/mol. The number of primary amides is 1. The number of hydrogen-bond acceptors (Lipinski definition) is 2. The van der Waals surface area contributed by atoms with Gasteiger partial charge in [0.2, 0.25) is 5.91 Å². The Morgan fingerprint density at radius 1 is 1.44 bits per heavy atom. The van der Waals surface area contributed by atoms with Gasteiger partial charge in [0.05, 0.1) is 6.04 Å². The maximum atomic E-state index is 11.3. The van der Waals surface area contributed by atoms with Gasteiger partial charge < -0.3 is 5.73 Å². The lowest BCUT2D eigenvalue weighted by molar-refractivity contribution is -0.122. The second-order valence-electron chi connectivity index (χ2n) is 4.67. The molecule has 0 saturated carbocycles. The normalized spacial score (nSPS) is 25.8. The number of carbonyl (C=O) groups excluding carboxylic acids is 1. The Morgan fingerprint density at radius 2 is 2.12 bits per heavy atom. The topological polar surface area (TPSA) is 46.3 Å². The van der Waals surface area contributed by atoms with E-state index in [1.165, 1.54) is 5.56 Å². The van der Waals surface area contributed by atoms with Gasteiger partial charge in [-0.15, -0.1) is 0 Å². The maximum Gasteiger partial charge on any atom is 0.234 e. The standard InChI is InChI=1S/C13H18N2O/c1-10-7-12(13(14)16)15(8-10)9-11-5-3-2-4-6-11/h2-6,10,12H,7-9H2,1H3,(H2,14,16)/t10-,12+/m1/s1. The molecule has 1 aromatic rings. The van der Waals surface area contributed by atoms with Crippen LogP contribution in [0.3, 0.4) is 0 Å². The van der Waals surface area contributed by atoms with E-state index in [9.17, 15) is 4.79 Å². The summed E-state index contributed by atoms with van der Waals surface area (Å²) in [6.45, 7) is 3.95. The van der Waals surface area contributed by atoms with Crippen LogP contribution in [0.2, 0.25) is 0 Å². The van der Waals surface area contributed by atoms with Crippen molar-refractivity contribution in [1.29, 1.82) is 0 Å². The monoisotopic (exact) mass is 218 g/mol. The van der Waals surface area contributed by atoms with Crippen LogP contribution in [0.25, 0.3) is 0 Å². The van der Waals surface area contributed by atoms with Crippen LogP contribution in [-0.2, 0) is 11.3 Å². The third-order valence-electron chi connectivity index (χ3n) is 3.17. The van der Waals surface area contributed by atoms with Gasteiger partial charge in [-0.2, -0.15) is 0 Å². The fourth-order valence-corrected chi connectivity index (χ4v) is 2.42. The van der Waals surface area contributed by atoms with Gasteiger partial charge in [0.15, 0.2) is 0 Å². The summed E-state index contributed by atoms with van der Waals surface area (Å²) in [6.07, 6.45) is 0.891. The van der Waals surface area contributed by atoms with E-state index in [0.717, 1.165) is 19.5 Å². The minimum absolute atomic E-state index is 0.0878. The highest BCUT2D eigenvalue weighted by Gasteiger charge is 2.33. The summed E-state index contributed by atoms with van der Waals surface area (Å²) in [6, 6.07) is 10.1. The van der Waals surface area contributed by atoms with E-state index < -0.39 is 0 Å². The van der Waals surface area contributed by atoms with Crippen LogP contribution in [0, 0.1) is 5.92 Å². The summed E-state index contributed by atoms with van der Waals surface area (Å²) in [5.74, 6) is 0.362. The minimum atomic E-state index is -0.194. The number of amides is 1. The van der Waals surface area contributed by atoms with Crippen molar-refractivity contribution < 1.29 is 4.79 Å². The van der Waals surface area contributed by atoms with Gasteiger partial charge in [0.25, 0.3) is 0 Å². The Balaban J connectivity index is 2.06. The molecule has 86 valence electrons. The Bertz CT molecular complexity index is 363.